The number of nitrogens with zero attached hydrogens (tertiary/aromatic N) is 1. The van der Waals surface area contributed by atoms with Gasteiger partial charge >= 0.3 is 5.97 Å². The van der Waals surface area contributed by atoms with E-state index in [4.69, 9.17) is 16.7 Å². The SMILES string of the molecule is O=C(O)C[C@H]1NCc2cc(NC(=O)c3cc(Cl)cc4[nH]ncc34)ccc21. The minimum absolute atomic E-state index is 0.0275. The molecule has 4 N–H and O–H groups in total. The van der Waals surface area contributed by atoms with Gasteiger partial charge in [-0.15, -0.1) is 0 Å². The second-order valence-electron chi connectivity index (χ2n) is 6.18. The Morgan fingerprint density at radius 1 is 1.31 bits per heavy atom. The van der Waals surface area contributed by atoms with E-state index in [0.717, 1.165) is 11.1 Å². The Labute approximate surface area is 153 Å². The van der Waals surface area contributed by atoms with Crippen LogP contribution >= 0.6 is 11.6 Å². The van der Waals surface area contributed by atoms with Crippen molar-refractivity contribution in [1.29, 1.82) is 0 Å². The molecule has 3 aromatic rings. The van der Waals surface area contributed by atoms with E-state index in [1.165, 1.54) is 0 Å². The number of H-pyrrole nitrogens is 1. The fourth-order valence-electron chi connectivity index (χ4n) is 3.28. The molecule has 2 aromatic carbocycles. The maximum atomic E-state index is 12.7. The maximum Gasteiger partial charge on any atom is 0.305 e. The predicted octanol–water partition coefficient (Wildman–Crippen LogP) is 3.09. The zero-order chi connectivity index (χ0) is 18.3. The van der Waals surface area contributed by atoms with Crippen LogP contribution in [0.4, 0.5) is 5.69 Å². The summed E-state index contributed by atoms with van der Waals surface area (Å²) in [5.41, 5.74) is 3.70. The number of hydrogen-bond donors (Lipinski definition) is 4. The number of hydrogen-bond acceptors (Lipinski definition) is 4. The Morgan fingerprint density at radius 2 is 2.15 bits per heavy atom. The first-order valence-corrected chi connectivity index (χ1v) is 8.41. The molecule has 8 heteroatoms. The monoisotopic (exact) mass is 370 g/mol. The summed E-state index contributed by atoms with van der Waals surface area (Å²) in [4.78, 5) is 23.6. The maximum absolute atomic E-state index is 12.7. The summed E-state index contributed by atoms with van der Waals surface area (Å²) < 4.78 is 0. The van der Waals surface area contributed by atoms with Crippen molar-refractivity contribution in [3.8, 4) is 0 Å². The second kappa shape index (κ2) is 6.44. The van der Waals surface area contributed by atoms with Gasteiger partial charge in [-0.2, -0.15) is 5.10 Å². The van der Waals surface area contributed by atoms with Gasteiger partial charge in [-0.05, 0) is 35.4 Å². The summed E-state index contributed by atoms with van der Waals surface area (Å²) in [5.74, 6) is -1.13. The molecule has 1 aliphatic heterocycles. The summed E-state index contributed by atoms with van der Waals surface area (Å²) in [6.45, 7) is 0.570. The van der Waals surface area contributed by atoms with Gasteiger partial charge in [0.05, 0.1) is 23.7 Å². The Bertz CT molecular complexity index is 1030. The van der Waals surface area contributed by atoms with Crippen LogP contribution in [-0.2, 0) is 11.3 Å². The van der Waals surface area contributed by atoms with E-state index in [-0.39, 0.29) is 18.4 Å². The van der Waals surface area contributed by atoms with E-state index < -0.39 is 5.97 Å². The molecule has 0 saturated heterocycles. The standard InChI is InChI=1S/C18H15ClN4O3/c19-10-4-13(14-8-21-23-16(14)5-10)18(26)22-11-1-2-12-9(3-11)7-20-15(12)6-17(24)25/h1-5,8,15,20H,6-7H2,(H,21,23)(H,22,26)(H,24,25)/t15-/m1/s1. The fraction of sp³-hybridized carbons (Fsp3) is 0.167. The summed E-state index contributed by atoms with van der Waals surface area (Å²) in [5, 5.41) is 22.9. The van der Waals surface area contributed by atoms with E-state index in [2.05, 4.69) is 20.8 Å². The number of benzene rings is 2. The van der Waals surface area contributed by atoms with E-state index >= 15 is 0 Å². The molecule has 1 atom stereocenters. The largest absolute Gasteiger partial charge is 0.481 e. The van der Waals surface area contributed by atoms with Crippen LogP contribution in [0.5, 0.6) is 0 Å². The quantitative estimate of drug-likeness (QED) is 0.564. The molecule has 1 aliphatic rings. The van der Waals surface area contributed by atoms with Gasteiger partial charge in [0.2, 0.25) is 0 Å². The molecular weight excluding hydrogens is 356 g/mol. The van der Waals surface area contributed by atoms with Crippen LogP contribution in [-0.4, -0.2) is 27.2 Å². The Hall–Kier alpha value is -2.90. The van der Waals surface area contributed by atoms with Gasteiger partial charge in [0.15, 0.2) is 0 Å². The van der Waals surface area contributed by atoms with Gasteiger partial charge in [0.25, 0.3) is 5.91 Å². The molecule has 26 heavy (non-hydrogen) atoms. The number of halogens is 1. The van der Waals surface area contributed by atoms with Crippen LogP contribution in [0.3, 0.4) is 0 Å². The smallest absolute Gasteiger partial charge is 0.305 e. The van der Waals surface area contributed by atoms with Crippen LogP contribution in [0.1, 0.15) is 33.9 Å². The zero-order valence-electron chi connectivity index (χ0n) is 13.5. The third kappa shape index (κ3) is 3.02. The normalized spacial score (nSPS) is 15.8. The molecule has 0 radical (unpaired) electrons. The van der Waals surface area contributed by atoms with Crippen molar-refractivity contribution in [2.45, 2.75) is 19.0 Å². The number of carboxylic acids is 1. The molecule has 0 fully saturated rings. The van der Waals surface area contributed by atoms with Crippen molar-refractivity contribution >= 4 is 40.1 Å². The number of anilines is 1. The number of aromatic amines is 1. The second-order valence-corrected chi connectivity index (χ2v) is 6.62. The lowest BCUT2D eigenvalue weighted by Crippen LogP contribution is -2.15. The Balaban J connectivity index is 1.59. The van der Waals surface area contributed by atoms with Gasteiger partial charge in [0.1, 0.15) is 0 Å². The third-order valence-corrected chi connectivity index (χ3v) is 4.68. The minimum Gasteiger partial charge on any atom is -0.481 e. The number of fused-ring (bicyclic) bond motifs is 2. The van der Waals surface area contributed by atoms with E-state index in [1.807, 2.05) is 12.1 Å². The number of carbonyl (C=O) groups excluding carboxylic acids is 1. The highest BCUT2D eigenvalue weighted by molar-refractivity contribution is 6.32. The van der Waals surface area contributed by atoms with Gasteiger partial charge in [-0.3, -0.25) is 14.7 Å². The molecule has 1 amide bonds. The average Bonchev–Trinajstić information content (AvgIpc) is 3.20. The molecule has 7 nitrogen and oxygen atoms in total. The van der Waals surface area contributed by atoms with Crippen LogP contribution < -0.4 is 10.6 Å². The lowest BCUT2D eigenvalue weighted by atomic mass is 10.0. The van der Waals surface area contributed by atoms with Crippen LogP contribution in [0, 0.1) is 0 Å². The fourth-order valence-corrected chi connectivity index (χ4v) is 3.50. The number of amides is 1. The lowest BCUT2D eigenvalue weighted by molar-refractivity contribution is -0.137. The number of aliphatic carboxylic acids is 1. The molecule has 2 heterocycles. The van der Waals surface area contributed by atoms with Crippen molar-refractivity contribution in [3.63, 3.8) is 0 Å². The van der Waals surface area contributed by atoms with Gasteiger partial charge in [-0.25, -0.2) is 0 Å². The lowest BCUT2D eigenvalue weighted by Gasteiger charge is -2.11. The van der Waals surface area contributed by atoms with Crippen LogP contribution in [0.15, 0.2) is 36.5 Å². The molecule has 1 aromatic heterocycles. The molecule has 0 bridgehead atoms. The number of aromatic nitrogens is 2. The Kier molecular flexibility index (Phi) is 4.10. The molecule has 4 rings (SSSR count). The predicted molar refractivity (Wildman–Crippen MR) is 97.3 cm³/mol. The minimum atomic E-state index is -0.849. The first-order chi connectivity index (χ1) is 12.5. The highest BCUT2D eigenvalue weighted by Gasteiger charge is 2.24. The van der Waals surface area contributed by atoms with Crippen molar-refractivity contribution in [2.75, 3.05) is 5.32 Å². The first kappa shape index (κ1) is 16.6. The highest BCUT2D eigenvalue weighted by atomic mass is 35.5. The number of carbonyl (C=O) groups is 2. The zero-order valence-corrected chi connectivity index (χ0v) is 14.3. The highest BCUT2D eigenvalue weighted by Crippen LogP contribution is 2.30. The summed E-state index contributed by atoms with van der Waals surface area (Å²) in [7, 11) is 0. The molecule has 0 spiro atoms. The number of rotatable bonds is 4. The van der Waals surface area contributed by atoms with Crippen molar-refractivity contribution < 1.29 is 14.7 Å². The number of nitrogens with one attached hydrogen (secondary N) is 3. The summed E-state index contributed by atoms with van der Waals surface area (Å²) in [6, 6.07) is 8.60. The molecule has 0 aliphatic carbocycles. The van der Waals surface area contributed by atoms with Crippen molar-refractivity contribution in [2.24, 2.45) is 0 Å². The first-order valence-electron chi connectivity index (χ1n) is 8.03. The Morgan fingerprint density at radius 3 is 2.96 bits per heavy atom. The van der Waals surface area contributed by atoms with E-state index in [0.29, 0.717) is 33.7 Å². The van der Waals surface area contributed by atoms with Crippen molar-refractivity contribution in [1.82, 2.24) is 15.5 Å². The average molecular weight is 371 g/mol. The van der Waals surface area contributed by atoms with Crippen LogP contribution in [0.25, 0.3) is 10.9 Å². The molecule has 0 saturated carbocycles. The summed E-state index contributed by atoms with van der Waals surface area (Å²) >= 11 is 6.08. The van der Waals surface area contributed by atoms with Gasteiger partial charge < -0.3 is 15.7 Å². The number of carboxylic acid groups (broad SMARTS) is 1. The third-order valence-electron chi connectivity index (χ3n) is 4.46. The topological polar surface area (TPSA) is 107 Å². The van der Waals surface area contributed by atoms with Gasteiger partial charge in [0, 0.05) is 28.7 Å². The van der Waals surface area contributed by atoms with Crippen molar-refractivity contribution in [3.05, 3.63) is 58.2 Å². The molecule has 132 valence electrons. The van der Waals surface area contributed by atoms with E-state index in [1.54, 1.807) is 24.4 Å². The van der Waals surface area contributed by atoms with Crippen LogP contribution in [0.2, 0.25) is 5.02 Å². The summed E-state index contributed by atoms with van der Waals surface area (Å²) in [6.07, 6.45) is 1.61. The van der Waals surface area contributed by atoms with Gasteiger partial charge in [-0.1, -0.05) is 17.7 Å². The molecular formula is C18H15ClN4O3. The van der Waals surface area contributed by atoms with E-state index in [9.17, 15) is 9.59 Å². The molecule has 0 unspecified atom stereocenters.